The molecule has 1 N–H and O–H groups in total. The van der Waals surface area contributed by atoms with Crippen molar-refractivity contribution in [1.82, 2.24) is 0 Å². The van der Waals surface area contributed by atoms with Crippen molar-refractivity contribution in [2.24, 2.45) is 0 Å². The Morgan fingerprint density at radius 2 is 2.00 bits per heavy atom. The quantitative estimate of drug-likeness (QED) is 0.881. The lowest BCUT2D eigenvalue weighted by atomic mass is 9.75. The van der Waals surface area contributed by atoms with Crippen LogP contribution in [0.15, 0.2) is 18.2 Å². The number of rotatable bonds is 5. The highest BCUT2D eigenvalue weighted by atomic mass is 16.5. The second-order valence-electron chi connectivity index (χ2n) is 6.26. The van der Waals surface area contributed by atoms with Gasteiger partial charge < -0.3 is 9.84 Å². The smallest absolute Gasteiger partial charge is 0.0703 e. The van der Waals surface area contributed by atoms with E-state index >= 15 is 0 Å². The predicted octanol–water partition coefficient (Wildman–Crippen LogP) is 3.04. The average molecular weight is 260 g/mol. The van der Waals surface area contributed by atoms with Gasteiger partial charge in [-0.3, -0.25) is 0 Å². The predicted molar refractivity (Wildman–Crippen MR) is 76.4 cm³/mol. The fourth-order valence-electron chi connectivity index (χ4n) is 3.59. The van der Waals surface area contributed by atoms with Gasteiger partial charge in [-0.05, 0) is 61.6 Å². The van der Waals surface area contributed by atoms with Crippen molar-refractivity contribution in [2.75, 3.05) is 7.11 Å². The van der Waals surface area contributed by atoms with Crippen molar-refractivity contribution >= 4 is 0 Å². The topological polar surface area (TPSA) is 29.5 Å². The monoisotopic (exact) mass is 260 g/mol. The lowest BCUT2D eigenvalue weighted by Gasteiger charge is -2.41. The fourth-order valence-corrected chi connectivity index (χ4v) is 3.59. The van der Waals surface area contributed by atoms with Crippen LogP contribution >= 0.6 is 0 Å². The van der Waals surface area contributed by atoms with Crippen molar-refractivity contribution in [3.63, 3.8) is 0 Å². The summed E-state index contributed by atoms with van der Waals surface area (Å²) in [6.07, 6.45) is 8.42. The number of ether oxygens (including phenoxy) is 1. The van der Waals surface area contributed by atoms with Crippen LogP contribution in [0.3, 0.4) is 0 Å². The normalized spacial score (nSPS) is 21.8. The molecule has 19 heavy (non-hydrogen) atoms. The Hall–Kier alpha value is -0.860. The van der Waals surface area contributed by atoms with Gasteiger partial charge >= 0.3 is 0 Å². The first-order valence-corrected chi connectivity index (χ1v) is 7.55. The van der Waals surface area contributed by atoms with Gasteiger partial charge in [-0.25, -0.2) is 0 Å². The van der Waals surface area contributed by atoms with Gasteiger partial charge in [0.25, 0.3) is 0 Å². The first-order valence-electron chi connectivity index (χ1n) is 7.55. The number of aryl methyl sites for hydroxylation is 2. The van der Waals surface area contributed by atoms with Gasteiger partial charge in [0.15, 0.2) is 0 Å². The molecule has 0 saturated heterocycles. The molecule has 0 radical (unpaired) electrons. The summed E-state index contributed by atoms with van der Waals surface area (Å²) in [5.74, 6) is 0. The van der Waals surface area contributed by atoms with E-state index in [0.29, 0.717) is 0 Å². The summed E-state index contributed by atoms with van der Waals surface area (Å²) in [5.41, 5.74) is 4.25. The maximum absolute atomic E-state index is 10.3. The Bertz CT molecular complexity index is 443. The van der Waals surface area contributed by atoms with Gasteiger partial charge in [0.1, 0.15) is 0 Å². The summed E-state index contributed by atoms with van der Waals surface area (Å²) < 4.78 is 5.60. The Kier molecular flexibility index (Phi) is 3.64. The van der Waals surface area contributed by atoms with Crippen LogP contribution in [0.25, 0.3) is 0 Å². The third kappa shape index (κ3) is 2.70. The van der Waals surface area contributed by atoms with Gasteiger partial charge in [0, 0.05) is 13.5 Å². The second-order valence-corrected chi connectivity index (χ2v) is 6.26. The van der Waals surface area contributed by atoms with E-state index in [4.69, 9.17) is 4.74 Å². The van der Waals surface area contributed by atoms with Crippen LogP contribution < -0.4 is 0 Å². The van der Waals surface area contributed by atoms with Crippen molar-refractivity contribution < 1.29 is 9.84 Å². The first-order chi connectivity index (χ1) is 9.21. The summed E-state index contributed by atoms with van der Waals surface area (Å²) in [5, 5.41) is 10.3. The van der Waals surface area contributed by atoms with E-state index in [2.05, 4.69) is 18.2 Å². The molecule has 104 valence electrons. The summed E-state index contributed by atoms with van der Waals surface area (Å²) in [6.45, 7) is 0. The number of aliphatic hydroxyl groups excluding tert-OH is 1. The third-order valence-electron chi connectivity index (χ3n) is 4.94. The van der Waals surface area contributed by atoms with E-state index in [0.717, 1.165) is 25.7 Å². The molecule has 3 rings (SSSR count). The van der Waals surface area contributed by atoms with E-state index in [9.17, 15) is 5.11 Å². The zero-order valence-corrected chi connectivity index (χ0v) is 11.8. The molecule has 0 heterocycles. The van der Waals surface area contributed by atoms with Crippen LogP contribution in [0.1, 0.15) is 48.8 Å². The number of aliphatic hydroxyl groups is 1. The van der Waals surface area contributed by atoms with Gasteiger partial charge in [0.05, 0.1) is 11.7 Å². The molecule has 0 bridgehead atoms. The van der Waals surface area contributed by atoms with Crippen molar-refractivity contribution in [3.8, 4) is 0 Å². The molecule has 0 spiro atoms. The van der Waals surface area contributed by atoms with Crippen LogP contribution in [-0.2, 0) is 24.0 Å². The molecule has 2 nitrogen and oxygen atoms in total. The molecule has 2 heteroatoms. The van der Waals surface area contributed by atoms with Crippen LogP contribution in [-0.4, -0.2) is 23.9 Å². The Morgan fingerprint density at radius 3 is 2.68 bits per heavy atom. The highest BCUT2D eigenvalue weighted by Gasteiger charge is 2.38. The van der Waals surface area contributed by atoms with Gasteiger partial charge in [-0.15, -0.1) is 0 Å². The number of methoxy groups -OCH3 is 1. The van der Waals surface area contributed by atoms with Crippen molar-refractivity contribution in [1.29, 1.82) is 0 Å². The van der Waals surface area contributed by atoms with E-state index in [1.807, 2.05) is 0 Å². The minimum atomic E-state index is -0.278. The average Bonchev–Trinajstić information content (AvgIpc) is 2.81. The maximum atomic E-state index is 10.3. The zero-order valence-electron chi connectivity index (χ0n) is 11.8. The Balaban J connectivity index is 1.61. The molecule has 2 aliphatic rings. The van der Waals surface area contributed by atoms with Crippen molar-refractivity contribution in [3.05, 3.63) is 34.9 Å². The number of hydrogen-bond acceptors (Lipinski definition) is 2. The van der Waals surface area contributed by atoms with Crippen molar-refractivity contribution in [2.45, 2.75) is 63.1 Å². The third-order valence-corrected chi connectivity index (χ3v) is 4.94. The van der Waals surface area contributed by atoms with E-state index in [1.54, 1.807) is 7.11 Å². The standard InChI is InChI=1S/C17H24O2/c1-19-17(8-3-9-17)12-16(18)11-13-6-7-14-4-2-5-15(14)10-13/h6-7,10,16,18H,2-5,8-9,11-12H2,1H3. The molecule has 0 aliphatic heterocycles. The molecule has 0 amide bonds. The number of hydrogen-bond donors (Lipinski definition) is 1. The zero-order chi connectivity index (χ0) is 13.3. The molecular formula is C17H24O2. The Labute approximate surface area is 115 Å². The fraction of sp³-hybridized carbons (Fsp3) is 0.647. The molecule has 1 unspecified atom stereocenters. The van der Waals surface area contributed by atoms with Gasteiger partial charge in [-0.1, -0.05) is 18.2 Å². The van der Waals surface area contributed by atoms with Crippen LogP contribution in [0, 0.1) is 0 Å². The van der Waals surface area contributed by atoms with E-state index in [1.165, 1.54) is 42.4 Å². The molecule has 1 saturated carbocycles. The molecule has 1 aromatic carbocycles. The second kappa shape index (κ2) is 5.26. The molecule has 2 aliphatic carbocycles. The van der Waals surface area contributed by atoms with Crippen LogP contribution in [0.5, 0.6) is 0 Å². The summed E-state index contributed by atoms with van der Waals surface area (Å²) >= 11 is 0. The largest absolute Gasteiger partial charge is 0.393 e. The lowest BCUT2D eigenvalue weighted by Crippen LogP contribution is -2.42. The van der Waals surface area contributed by atoms with Gasteiger partial charge in [0.2, 0.25) is 0 Å². The van der Waals surface area contributed by atoms with E-state index in [-0.39, 0.29) is 11.7 Å². The molecule has 0 aromatic heterocycles. The molecular weight excluding hydrogens is 236 g/mol. The maximum Gasteiger partial charge on any atom is 0.0703 e. The highest BCUT2D eigenvalue weighted by Crippen LogP contribution is 2.39. The highest BCUT2D eigenvalue weighted by molar-refractivity contribution is 5.35. The SMILES string of the molecule is COC1(CC(O)Cc2ccc3c(c2)CCC3)CCC1. The van der Waals surface area contributed by atoms with Gasteiger partial charge in [-0.2, -0.15) is 0 Å². The summed E-state index contributed by atoms with van der Waals surface area (Å²) in [7, 11) is 1.78. The van der Waals surface area contributed by atoms with Crippen LogP contribution in [0.2, 0.25) is 0 Å². The summed E-state index contributed by atoms with van der Waals surface area (Å²) in [4.78, 5) is 0. The molecule has 1 fully saturated rings. The molecule has 1 aromatic rings. The number of benzene rings is 1. The minimum Gasteiger partial charge on any atom is -0.393 e. The molecule has 1 atom stereocenters. The Morgan fingerprint density at radius 1 is 1.21 bits per heavy atom. The summed E-state index contributed by atoms with van der Waals surface area (Å²) in [6, 6.07) is 6.74. The minimum absolute atomic E-state index is 0.0316. The number of fused-ring (bicyclic) bond motifs is 1. The first kappa shape index (κ1) is 13.1. The lowest BCUT2D eigenvalue weighted by molar-refractivity contribution is -0.0989. The van der Waals surface area contributed by atoms with Crippen LogP contribution in [0.4, 0.5) is 0 Å². The van der Waals surface area contributed by atoms with E-state index < -0.39 is 0 Å².